The van der Waals surface area contributed by atoms with E-state index < -0.39 is 0 Å². The average molecular weight is 296 g/mol. The molecule has 0 saturated carbocycles. The number of rotatable bonds is 5. The number of benzene rings is 1. The lowest BCUT2D eigenvalue weighted by atomic mass is 10.0. The van der Waals surface area contributed by atoms with E-state index in [9.17, 15) is 9.59 Å². The number of fused-ring (bicyclic) bond motifs is 1. The zero-order valence-electron chi connectivity index (χ0n) is 11.2. The summed E-state index contributed by atoms with van der Waals surface area (Å²) in [5, 5.41) is 10.4. The zero-order valence-corrected chi connectivity index (χ0v) is 12.0. The van der Waals surface area contributed by atoms with Crippen LogP contribution in [-0.4, -0.2) is 21.8 Å². The Labute approximate surface area is 125 Å². The molecule has 0 fully saturated rings. The first-order valence-corrected chi connectivity index (χ1v) is 7.42. The highest BCUT2D eigenvalue weighted by molar-refractivity contribution is 7.17. The second kappa shape index (κ2) is 5.93. The van der Waals surface area contributed by atoms with Crippen LogP contribution in [0.15, 0.2) is 48.1 Å². The van der Waals surface area contributed by atoms with Crippen LogP contribution in [0.3, 0.4) is 0 Å². The summed E-state index contributed by atoms with van der Waals surface area (Å²) in [6.45, 7) is 0. The smallest absolute Gasteiger partial charge is 0.164 e. The number of aromatic nitrogens is 2. The first kappa shape index (κ1) is 13.6. The molecule has 0 atom stereocenters. The van der Waals surface area contributed by atoms with Gasteiger partial charge in [-0.05, 0) is 41.1 Å². The van der Waals surface area contributed by atoms with E-state index in [1.807, 2.05) is 29.6 Å². The van der Waals surface area contributed by atoms with Crippen molar-refractivity contribution in [3.05, 3.63) is 59.2 Å². The molecule has 0 saturated heterocycles. The molecule has 0 bridgehead atoms. The highest BCUT2D eigenvalue weighted by atomic mass is 32.1. The molecule has 3 rings (SSSR count). The number of ketones is 2. The van der Waals surface area contributed by atoms with Crippen LogP contribution in [-0.2, 0) is 0 Å². The van der Waals surface area contributed by atoms with E-state index in [0.717, 1.165) is 10.1 Å². The molecule has 0 N–H and O–H groups in total. The third-order valence-corrected chi connectivity index (χ3v) is 4.16. The topological polar surface area (TPSA) is 59.9 Å². The minimum absolute atomic E-state index is 0.0153. The number of hydrogen-bond donors (Lipinski definition) is 0. The van der Waals surface area contributed by atoms with Gasteiger partial charge < -0.3 is 0 Å². The summed E-state index contributed by atoms with van der Waals surface area (Å²) < 4.78 is 1.16. The highest BCUT2D eigenvalue weighted by Gasteiger charge is 2.12. The van der Waals surface area contributed by atoms with Crippen LogP contribution in [0.2, 0.25) is 0 Å². The molecule has 5 heteroatoms. The van der Waals surface area contributed by atoms with Gasteiger partial charge in [-0.2, -0.15) is 10.2 Å². The van der Waals surface area contributed by atoms with Crippen LogP contribution in [0.25, 0.3) is 10.1 Å². The summed E-state index contributed by atoms with van der Waals surface area (Å²) >= 11 is 1.64. The van der Waals surface area contributed by atoms with E-state index in [1.54, 1.807) is 17.4 Å². The third-order valence-electron chi connectivity index (χ3n) is 3.26. The molecule has 0 unspecified atom stereocenters. The number of carbonyl (C=O) groups is 2. The van der Waals surface area contributed by atoms with Gasteiger partial charge in [-0.25, -0.2) is 0 Å². The summed E-state index contributed by atoms with van der Waals surface area (Å²) in [5.74, 6) is -0.103. The van der Waals surface area contributed by atoms with E-state index in [4.69, 9.17) is 0 Å². The Morgan fingerprint density at radius 1 is 0.952 bits per heavy atom. The van der Waals surface area contributed by atoms with E-state index >= 15 is 0 Å². The molecule has 2 heterocycles. The minimum Gasteiger partial charge on any atom is -0.294 e. The van der Waals surface area contributed by atoms with Crippen molar-refractivity contribution in [3.63, 3.8) is 0 Å². The Kier molecular flexibility index (Phi) is 3.83. The average Bonchev–Trinajstić information content (AvgIpc) is 3.00. The van der Waals surface area contributed by atoms with Gasteiger partial charge in [-0.15, -0.1) is 11.3 Å². The molecular weight excluding hydrogens is 284 g/mol. The predicted octanol–water partition coefficient (Wildman–Crippen LogP) is 3.54. The normalized spacial score (nSPS) is 10.7. The molecule has 4 nitrogen and oxygen atoms in total. The van der Waals surface area contributed by atoms with Crippen LogP contribution in [0.4, 0.5) is 0 Å². The zero-order chi connectivity index (χ0) is 14.7. The van der Waals surface area contributed by atoms with Gasteiger partial charge in [0.2, 0.25) is 0 Å². The minimum atomic E-state index is -0.0881. The van der Waals surface area contributed by atoms with E-state index in [0.29, 0.717) is 11.1 Å². The van der Waals surface area contributed by atoms with Crippen LogP contribution >= 0.6 is 11.3 Å². The van der Waals surface area contributed by atoms with E-state index in [-0.39, 0.29) is 24.4 Å². The Balaban J connectivity index is 1.67. The van der Waals surface area contributed by atoms with Crippen LogP contribution in [0.5, 0.6) is 0 Å². The van der Waals surface area contributed by atoms with Gasteiger partial charge in [0.15, 0.2) is 11.6 Å². The SMILES string of the molecule is O=C(CCC(=O)c1ccc2sccc2c1)c1ccnnc1. The Hall–Kier alpha value is -2.40. The third kappa shape index (κ3) is 3.03. The number of thiophene rings is 1. The monoisotopic (exact) mass is 296 g/mol. The fraction of sp³-hybridized carbons (Fsp3) is 0.125. The summed E-state index contributed by atoms with van der Waals surface area (Å²) in [4.78, 5) is 24.1. The number of nitrogens with zero attached hydrogens (tertiary/aromatic N) is 2. The van der Waals surface area contributed by atoms with Gasteiger partial charge in [0, 0.05) is 28.7 Å². The van der Waals surface area contributed by atoms with Crippen molar-refractivity contribution in [2.45, 2.75) is 12.8 Å². The Bertz CT molecular complexity index is 796. The molecule has 0 aliphatic carbocycles. The van der Waals surface area contributed by atoms with Gasteiger partial charge in [-0.1, -0.05) is 0 Å². The summed E-state index contributed by atoms with van der Waals surface area (Å²) in [6, 6.07) is 9.25. The maximum absolute atomic E-state index is 12.2. The van der Waals surface area contributed by atoms with Gasteiger partial charge >= 0.3 is 0 Å². The molecule has 21 heavy (non-hydrogen) atoms. The molecular formula is C16H12N2O2S. The van der Waals surface area contributed by atoms with Gasteiger partial charge in [0.1, 0.15) is 0 Å². The molecule has 2 aromatic heterocycles. The van der Waals surface area contributed by atoms with Crippen LogP contribution in [0, 0.1) is 0 Å². The molecule has 0 aliphatic heterocycles. The molecule has 104 valence electrons. The highest BCUT2D eigenvalue weighted by Crippen LogP contribution is 2.22. The lowest BCUT2D eigenvalue weighted by molar-refractivity contribution is 0.0917. The van der Waals surface area contributed by atoms with Gasteiger partial charge in [0.05, 0.1) is 12.4 Å². The summed E-state index contributed by atoms with van der Waals surface area (Å²) in [5.41, 5.74) is 1.15. The summed E-state index contributed by atoms with van der Waals surface area (Å²) in [6.07, 6.45) is 3.28. The number of hydrogen-bond acceptors (Lipinski definition) is 5. The lowest BCUT2D eigenvalue weighted by Gasteiger charge is -2.02. The first-order chi connectivity index (χ1) is 10.2. The van der Waals surface area contributed by atoms with Crippen molar-refractivity contribution in [2.24, 2.45) is 0 Å². The fourth-order valence-electron chi connectivity index (χ4n) is 2.11. The molecule has 0 spiro atoms. The standard InChI is InChI=1S/C16H12N2O2S/c19-14(2-3-15(20)13-5-7-17-18-10-13)11-1-4-16-12(9-11)6-8-21-16/h1,4-10H,2-3H2. The van der Waals surface area contributed by atoms with E-state index in [2.05, 4.69) is 10.2 Å². The fourth-order valence-corrected chi connectivity index (χ4v) is 2.88. The van der Waals surface area contributed by atoms with Gasteiger partial charge in [-0.3, -0.25) is 9.59 Å². The largest absolute Gasteiger partial charge is 0.294 e. The quantitative estimate of drug-likeness (QED) is 0.676. The summed E-state index contributed by atoms with van der Waals surface area (Å²) in [7, 11) is 0. The Morgan fingerprint density at radius 2 is 1.76 bits per heavy atom. The predicted molar refractivity (Wildman–Crippen MR) is 81.8 cm³/mol. The second-order valence-electron chi connectivity index (χ2n) is 4.65. The lowest BCUT2D eigenvalue weighted by Crippen LogP contribution is -2.05. The van der Waals surface area contributed by atoms with Crippen molar-refractivity contribution in [1.82, 2.24) is 10.2 Å². The second-order valence-corrected chi connectivity index (χ2v) is 5.60. The Morgan fingerprint density at radius 3 is 2.52 bits per heavy atom. The van der Waals surface area contributed by atoms with Crippen molar-refractivity contribution in [1.29, 1.82) is 0 Å². The molecule has 0 aliphatic rings. The van der Waals surface area contributed by atoms with Crippen molar-refractivity contribution >= 4 is 33.0 Å². The maximum atomic E-state index is 12.2. The van der Waals surface area contributed by atoms with Crippen LogP contribution in [0.1, 0.15) is 33.6 Å². The van der Waals surface area contributed by atoms with Crippen LogP contribution < -0.4 is 0 Å². The van der Waals surface area contributed by atoms with Crippen molar-refractivity contribution in [2.75, 3.05) is 0 Å². The van der Waals surface area contributed by atoms with E-state index in [1.165, 1.54) is 12.4 Å². The molecule has 0 amide bonds. The molecule has 0 radical (unpaired) electrons. The van der Waals surface area contributed by atoms with Crippen molar-refractivity contribution < 1.29 is 9.59 Å². The molecule has 1 aromatic carbocycles. The maximum Gasteiger partial charge on any atom is 0.164 e. The van der Waals surface area contributed by atoms with Gasteiger partial charge in [0.25, 0.3) is 0 Å². The molecule has 3 aromatic rings. The number of carbonyl (C=O) groups excluding carboxylic acids is 2. The number of Topliss-reactive ketones (excluding diaryl/α,β-unsaturated/α-hetero) is 2. The first-order valence-electron chi connectivity index (χ1n) is 6.54. The van der Waals surface area contributed by atoms with Crippen molar-refractivity contribution in [3.8, 4) is 0 Å².